The first kappa shape index (κ1) is 15.9. The van der Waals surface area contributed by atoms with Crippen LogP contribution in [0.15, 0.2) is 0 Å². The summed E-state index contributed by atoms with van der Waals surface area (Å²) in [4.78, 5) is 0. The molecule has 0 saturated carbocycles. The molecule has 1 N–H and O–H groups in total. The Kier molecular flexibility index (Phi) is 8.04. The molecule has 16 heavy (non-hydrogen) atoms. The van der Waals surface area contributed by atoms with Crippen molar-refractivity contribution in [2.45, 2.75) is 60.5 Å². The van der Waals surface area contributed by atoms with E-state index >= 15 is 0 Å². The lowest BCUT2D eigenvalue weighted by Gasteiger charge is -2.31. The summed E-state index contributed by atoms with van der Waals surface area (Å²) in [5, 5.41) is 3.52. The van der Waals surface area contributed by atoms with Crippen LogP contribution in [0.4, 0.5) is 0 Å². The van der Waals surface area contributed by atoms with Crippen molar-refractivity contribution >= 4 is 0 Å². The van der Waals surface area contributed by atoms with E-state index in [0.29, 0.717) is 17.4 Å². The van der Waals surface area contributed by atoms with Crippen LogP contribution in [-0.4, -0.2) is 25.8 Å². The highest BCUT2D eigenvalue weighted by Crippen LogP contribution is 2.28. The molecule has 2 heteroatoms. The second-order valence-corrected chi connectivity index (χ2v) is 5.98. The Hall–Kier alpha value is -0.0800. The third-order valence-electron chi connectivity index (χ3n) is 2.96. The minimum absolute atomic E-state index is 0.351. The first-order valence-corrected chi connectivity index (χ1v) is 6.70. The first-order valence-electron chi connectivity index (χ1n) is 6.70. The molecule has 0 heterocycles. The molecule has 0 fully saturated rings. The molecule has 0 rings (SSSR count). The van der Waals surface area contributed by atoms with Gasteiger partial charge in [0.15, 0.2) is 0 Å². The Bertz CT molecular complexity index is 161. The van der Waals surface area contributed by atoms with Crippen LogP contribution in [0.2, 0.25) is 0 Å². The number of hydrogen-bond acceptors (Lipinski definition) is 2. The highest BCUT2D eigenvalue weighted by molar-refractivity contribution is 4.76. The highest BCUT2D eigenvalue weighted by atomic mass is 16.5. The molecule has 0 aliphatic heterocycles. The molecule has 2 nitrogen and oxygen atoms in total. The molecule has 0 amide bonds. The molecule has 0 bridgehead atoms. The van der Waals surface area contributed by atoms with Crippen molar-refractivity contribution in [1.29, 1.82) is 0 Å². The van der Waals surface area contributed by atoms with E-state index in [1.807, 2.05) is 0 Å². The average Bonchev–Trinajstić information content (AvgIpc) is 2.13. The predicted octanol–water partition coefficient (Wildman–Crippen LogP) is 3.46. The Morgan fingerprint density at radius 1 is 1.19 bits per heavy atom. The quantitative estimate of drug-likeness (QED) is 0.644. The second kappa shape index (κ2) is 8.08. The van der Waals surface area contributed by atoms with Crippen LogP contribution < -0.4 is 5.32 Å². The van der Waals surface area contributed by atoms with Gasteiger partial charge in [-0.25, -0.2) is 0 Å². The van der Waals surface area contributed by atoms with Gasteiger partial charge in [-0.1, -0.05) is 27.7 Å². The maximum absolute atomic E-state index is 5.65. The smallest absolute Gasteiger partial charge is 0.0518 e. The van der Waals surface area contributed by atoms with Gasteiger partial charge in [-0.3, -0.25) is 0 Å². The largest absolute Gasteiger partial charge is 0.379 e. The molecule has 0 saturated heterocycles. The lowest BCUT2D eigenvalue weighted by Crippen LogP contribution is -2.33. The standard InChI is InChI=1S/C14H31NO/c1-7-9-15-11-13(14(4,5)6)8-10-16-12(2)3/h12-13,15H,7-11H2,1-6H3. The van der Waals surface area contributed by atoms with Gasteiger partial charge in [0.1, 0.15) is 0 Å². The molecule has 0 aliphatic carbocycles. The van der Waals surface area contributed by atoms with E-state index < -0.39 is 0 Å². The van der Waals surface area contributed by atoms with Gasteiger partial charge in [0.2, 0.25) is 0 Å². The van der Waals surface area contributed by atoms with Crippen LogP contribution >= 0.6 is 0 Å². The van der Waals surface area contributed by atoms with Crippen LogP contribution in [0.3, 0.4) is 0 Å². The molecule has 0 aromatic heterocycles. The van der Waals surface area contributed by atoms with E-state index in [1.54, 1.807) is 0 Å². The molecule has 0 spiro atoms. The average molecular weight is 229 g/mol. The van der Waals surface area contributed by atoms with E-state index in [2.05, 4.69) is 46.9 Å². The summed E-state index contributed by atoms with van der Waals surface area (Å²) in [5.74, 6) is 0.692. The Balaban J connectivity index is 3.92. The van der Waals surface area contributed by atoms with Gasteiger partial charge in [-0.15, -0.1) is 0 Å². The zero-order chi connectivity index (χ0) is 12.6. The lowest BCUT2D eigenvalue weighted by molar-refractivity contribution is 0.0547. The number of ether oxygens (including phenoxy) is 1. The molecular formula is C14H31NO. The third-order valence-corrected chi connectivity index (χ3v) is 2.96. The fourth-order valence-corrected chi connectivity index (χ4v) is 1.74. The van der Waals surface area contributed by atoms with Crippen LogP contribution in [0.5, 0.6) is 0 Å². The summed E-state index contributed by atoms with van der Waals surface area (Å²) >= 11 is 0. The van der Waals surface area contributed by atoms with Crippen LogP contribution in [0, 0.1) is 11.3 Å². The van der Waals surface area contributed by atoms with Crippen LogP contribution in [0.1, 0.15) is 54.4 Å². The van der Waals surface area contributed by atoms with Gasteiger partial charge in [-0.2, -0.15) is 0 Å². The number of nitrogens with one attached hydrogen (secondary N) is 1. The van der Waals surface area contributed by atoms with Gasteiger partial charge < -0.3 is 10.1 Å². The van der Waals surface area contributed by atoms with Crippen molar-refractivity contribution in [3.05, 3.63) is 0 Å². The monoisotopic (exact) mass is 229 g/mol. The molecule has 0 aliphatic rings. The summed E-state index contributed by atoms with van der Waals surface area (Å²) in [5.41, 5.74) is 0.362. The van der Waals surface area contributed by atoms with Gasteiger partial charge >= 0.3 is 0 Å². The van der Waals surface area contributed by atoms with E-state index in [0.717, 1.165) is 26.1 Å². The minimum Gasteiger partial charge on any atom is -0.379 e. The highest BCUT2D eigenvalue weighted by Gasteiger charge is 2.23. The topological polar surface area (TPSA) is 21.3 Å². The third kappa shape index (κ3) is 8.12. The van der Waals surface area contributed by atoms with Crippen LogP contribution in [0.25, 0.3) is 0 Å². The van der Waals surface area contributed by atoms with Crippen molar-refractivity contribution in [1.82, 2.24) is 5.32 Å². The molecule has 0 aromatic carbocycles. The summed E-state index contributed by atoms with van der Waals surface area (Å²) in [6, 6.07) is 0. The number of hydrogen-bond donors (Lipinski definition) is 1. The maximum Gasteiger partial charge on any atom is 0.0518 e. The molecule has 1 atom stereocenters. The van der Waals surface area contributed by atoms with E-state index in [-0.39, 0.29) is 0 Å². The second-order valence-electron chi connectivity index (χ2n) is 5.98. The fraction of sp³-hybridized carbons (Fsp3) is 1.00. The van der Waals surface area contributed by atoms with Gasteiger partial charge in [-0.05, 0) is 51.1 Å². The Labute approximate surface area is 102 Å². The maximum atomic E-state index is 5.65. The molecule has 0 aromatic rings. The van der Waals surface area contributed by atoms with E-state index in [1.165, 1.54) is 6.42 Å². The van der Waals surface area contributed by atoms with Crippen molar-refractivity contribution in [2.75, 3.05) is 19.7 Å². The normalized spacial score (nSPS) is 14.4. The van der Waals surface area contributed by atoms with E-state index in [9.17, 15) is 0 Å². The van der Waals surface area contributed by atoms with Crippen LogP contribution in [-0.2, 0) is 4.74 Å². The zero-order valence-corrected chi connectivity index (χ0v) is 12.1. The van der Waals surface area contributed by atoms with Crippen molar-refractivity contribution in [2.24, 2.45) is 11.3 Å². The SMILES string of the molecule is CCCNCC(CCOC(C)C)C(C)(C)C. The first-order chi connectivity index (χ1) is 7.38. The molecule has 98 valence electrons. The summed E-state index contributed by atoms with van der Waals surface area (Å²) in [6.45, 7) is 16.5. The minimum atomic E-state index is 0.351. The zero-order valence-electron chi connectivity index (χ0n) is 12.1. The summed E-state index contributed by atoms with van der Waals surface area (Å²) in [7, 11) is 0. The van der Waals surface area contributed by atoms with Crippen molar-refractivity contribution in [3.63, 3.8) is 0 Å². The van der Waals surface area contributed by atoms with Gasteiger partial charge in [0, 0.05) is 6.61 Å². The Morgan fingerprint density at radius 2 is 1.81 bits per heavy atom. The van der Waals surface area contributed by atoms with Gasteiger partial charge in [0.05, 0.1) is 6.10 Å². The fourth-order valence-electron chi connectivity index (χ4n) is 1.74. The molecule has 1 unspecified atom stereocenters. The molecular weight excluding hydrogens is 198 g/mol. The van der Waals surface area contributed by atoms with E-state index in [4.69, 9.17) is 4.74 Å². The lowest BCUT2D eigenvalue weighted by atomic mass is 9.79. The number of rotatable bonds is 8. The predicted molar refractivity (Wildman–Crippen MR) is 71.8 cm³/mol. The Morgan fingerprint density at radius 3 is 2.25 bits per heavy atom. The van der Waals surface area contributed by atoms with Crippen molar-refractivity contribution in [3.8, 4) is 0 Å². The van der Waals surface area contributed by atoms with Crippen molar-refractivity contribution < 1.29 is 4.74 Å². The van der Waals surface area contributed by atoms with Gasteiger partial charge in [0.25, 0.3) is 0 Å². The molecule has 0 radical (unpaired) electrons. The summed E-state index contributed by atoms with van der Waals surface area (Å²) in [6.07, 6.45) is 2.71. The summed E-state index contributed by atoms with van der Waals surface area (Å²) < 4.78 is 5.65.